The largest absolute Gasteiger partial charge is 0.396 e. The first kappa shape index (κ1) is 9.90. The second-order valence-corrected chi connectivity index (χ2v) is 4.91. The van der Waals surface area contributed by atoms with Gasteiger partial charge in [0, 0.05) is 25.2 Å². The van der Waals surface area contributed by atoms with E-state index in [9.17, 15) is 5.11 Å². The van der Waals surface area contributed by atoms with Crippen LogP contribution in [-0.2, 0) is 0 Å². The van der Waals surface area contributed by atoms with Crippen LogP contribution in [0.15, 0.2) is 18.5 Å². The average molecular weight is 219 g/mol. The number of hydrogen-bond donors (Lipinski definition) is 2. The Labute approximate surface area is 95.1 Å². The van der Waals surface area contributed by atoms with Gasteiger partial charge in [0.15, 0.2) is 0 Å². The van der Waals surface area contributed by atoms with Gasteiger partial charge in [-0.05, 0) is 24.8 Å². The van der Waals surface area contributed by atoms with Crippen molar-refractivity contribution in [2.24, 2.45) is 11.8 Å². The fourth-order valence-electron chi connectivity index (χ4n) is 3.12. The lowest BCUT2D eigenvalue weighted by atomic mass is 10.00. The van der Waals surface area contributed by atoms with Crippen molar-refractivity contribution in [1.82, 2.24) is 4.98 Å². The highest BCUT2D eigenvalue weighted by Gasteiger charge is 2.42. The molecule has 2 fully saturated rings. The minimum absolute atomic E-state index is 0.113. The van der Waals surface area contributed by atoms with Crippen LogP contribution in [0.3, 0.4) is 0 Å². The molecule has 3 N–H and O–H groups in total. The number of fused-ring (bicyclic) bond motifs is 1. The van der Waals surface area contributed by atoms with Crippen molar-refractivity contribution in [3.63, 3.8) is 0 Å². The minimum Gasteiger partial charge on any atom is -0.396 e. The molecule has 1 aliphatic carbocycles. The van der Waals surface area contributed by atoms with Crippen molar-refractivity contribution in [3.8, 4) is 0 Å². The van der Waals surface area contributed by atoms with Crippen molar-refractivity contribution in [2.45, 2.75) is 18.9 Å². The van der Waals surface area contributed by atoms with Crippen LogP contribution >= 0.6 is 0 Å². The van der Waals surface area contributed by atoms with E-state index in [1.165, 1.54) is 0 Å². The first-order valence-corrected chi connectivity index (χ1v) is 5.88. The summed E-state index contributed by atoms with van der Waals surface area (Å²) in [6.45, 7) is 1.95. The van der Waals surface area contributed by atoms with Gasteiger partial charge < -0.3 is 15.7 Å². The van der Waals surface area contributed by atoms with Crippen LogP contribution in [0.2, 0.25) is 0 Å². The summed E-state index contributed by atoms with van der Waals surface area (Å²) in [6.07, 6.45) is 5.47. The van der Waals surface area contributed by atoms with E-state index >= 15 is 0 Å². The highest BCUT2D eigenvalue weighted by molar-refractivity contribution is 5.66. The topological polar surface area (TPSA) is 62.4 Å². The summed E-state index contributed by atoms with van der Waals surface area (Å²) in [7, 11) is 0. The maximum Gasteiger partial charge on any atom is 0.0738 e. The zero-order valence-corrected chi connectivity index (χ0v) is 9.21. The number of pyridine rings is 1. The maximum atomic E-state index is 9.86. The Morgan fingerprint density at radius 2 is 2.25 bits per heavy atom. The zero-order chi connectivity index (χ0) is 11.1. The van der Waals surface area contributed by atoms with Crippen molar-refractivity contribution in [3.05, 3.63) is 18.5 Å². The Hall–Kier alpha value is -1.29. The van der Waals surface area contributed by atoms with Gasteiger partial charge in [0.25, 0.3) is 0 Å². The van der Waals surface area contributed by atoms with Crippen molar-refractivity contribution >= 4 is 11.4 Å². The summed E-state index contributed by atoms with van der Waals surface area (Å²) >= 11 is 0. The molecule has 0 amide bonds. The van der Waals surface area contributed by atoms with E-state index < -0.39 is 0 Å². The van der Waals surface area contributed by atoms with Gasteiger partial charge in [-0.1, -0.05) is 0 Å². The summed E-state index contributed by atoms with van der Waals surface area (Å²) in [6, 6.07) is 1.96. The Morgan fingerprint density at radius 3 is 3.00 bits per heavy atom. The van der Waals surface area contributed by atoms with Crippen molar-refractivity contribution < 1.29 is 5.11 Å². The molecule has 1 saturated carbocycles. The number of rotatable bonds is 1. The number of aliphatic hydroxyl groups excluding tert-OH is 1. The highest BCUT2D eigenvalue weighted by atomic mass is 16.3. The molecule has 86 valence electrons. The van der Waals surface area contributed by atoms with Gasteiger partial charge in [0.05, 0.1) is 23.7 Å². The predicted molar refractivity (Wildman–Crippen MR) is 63.1 cm³/mol. The molecular formula is C12H17N3O. The Morgan fingerprint density at radius 1 is 1.38 bits per heavy atom. The number of nitrogens with two attached hydrogens (primary N) is 1. The number of nitrogen functional groups attached to an aromatic ring is 1. The Balaban J connectivity index is 1.82. The van der Waals surface area contributed by atoms with Crippen LogP contribution in [0.25, 0.3) is 0 Å². The first-order valence-electron chi connectivity index (χ1n) is 5.88. The zero-order valence-electron chi connectivity index (χ0n) is 9.21. The summed E-state index contributed by atoms with van der Waals surface area (Å²) in [5, 5.41) is 9.86. The molecule has 0 bridgehead atoms. The van der Waals surface area contributed by atoms with Gasteiger partial charge in [-0.15, -0.1) is 0 Å². The minimum atomic E-state index is -0.113. The third-order valence-corrected chi connectivity index (χ3v) is 3.99. The molecule has 0 spiro atoms. The molecule has 16 heavy (non-hydrogen) atoms. The molecule has 2 heterocycles. The Bertz CT molecular complexity index is 396. The maximum absolute atomic E-state index is 9.86. The number of aliphatic hydroxyl groups is 1. The molecule has 3 unspecified atom stereocenters. The lowest BCUT2D eigenvalue weighted by Gasteiger charge is -2.21. The van der Waals surface area contributed by atoms with Gasteiger partial charge in [0.2, 0.25) is 0 Å². The fraction of sp³-hybridized carbons (Fsp3) is 0.583. The van der Waals surface area contributed by atoms with Crippen molar-refractivity contribution in [2.75, 3.05) is 23.7 Å². The van der Waals surface area contributed by atoms with Crippen LogP contribution in [0, 0.1) is 11.8 Å². The van der Waals surface area contributed by atoms with Crippen LogP contribution in [0.4, 0.5) is 11.4 Å². The van der Waals surface area contributed by atoms with Gasteiger partial charge in [0.1, 0.15) is 0 Å². The van der Waals surface area contributed by atoms with Gasteiger partial charge in [-0.2, -0.15) is 0 Å². The van der Waals surface area contributed by atoms with Gasteiger partial charge in [-0.25, -0.2) is 0 Å². The third kappa shape index (κ3) is 1.45. The molecule has 3 atom stereocenters. The summed E-state index contributed by atoms with van der Waals surface area (Å²) < 4.78 is 0. The van der Waals surface area contributed by atoms with E-state index in [1.54, 1.807) is 12.4 Å². The molecule has 1 aromatic heterocycles. The number of aromatic nitrogens is 1. The summed E-state index contributed by atoms with van der Waals surface area (Å²) in [5.74, 6) is 1.08. The number of nitrogens with zero attached hydrogens (tertiary/aromatic N) is 2. The molecule has 4 heteroatoms. The van der Waals surface area contributed by atoms with E-state index in [2.05, 4.69) is 9.88 Å². The van der Waals surface area contributed by atoms with E-state index in [1.807, 2.05) is 6.07 Å². The lowest BCUT2D eigenvalue weighted by molar-refractivity contribution is 0.133. The fourth-order valence-corrected chi connectivity index (χ4v) is 3.12. The first-order chi connectivity index (χ1) is 7.75. The van der Waals surface area contributed by atoms with E-state index in [-0.39, 0.29) is 6.10 Å². The lowest BCUT2D eigenvalue weighted by Crippen LogP contribution is -2.25. The second kappa shape index (κ2) is 3.63. The molecule has 4 nitrogen and oxygen atoms in total. The van der Waals surface area contributed by atoms with E-state index in [0.29, 0.717) is 11.8 Å². The number of anilines is 2. The molecule has 3 rings (SSSR count). The molecule has 1 aliphatic heterocycles. The van der Waals surface area contributed by atoms with Crippen LogP contribution < -0.4 is 10.6 Å². The molecular weight excluding hydrogens is 202 g/mol. The third-order valence-electron chi connectivity index (χ3n) is 3.99. The summed E-state index contributed by atoms with van der Waals surface area (Å²) in [4.78, 5) is 6.29. The molecule has 1 saturated heterocycles. The van der Waals surface area contributed by atoms with Crippen molar-refractivity contribution in [1.29, 1.82) is 0 Å². The van der Waals surface area contributed by atoms with Crippen LogP contribution in [0.5, 0.6) is 0 Å². The molecule has 1 aromatic rings. The van der Waals surface area contributed by atoms with E-state index in [4.69, 9.17) is 5.73 Å². The average Bonchev–Trinajstić information content (AvgIpc) is 2.82. The molecule has 0 aromatic carbocycles. The summed E-state index contributed by atoms with van der Waals surface area (Å²) in [5.41, 5.74) is 7.72. The van der Waals surface area contributed by atoms with Gasteiger partial charge >= 0.3 is 0 Å². The SMILES string of the molecule is Nc1cnccc1N1CC2CCC(O)C2C1. The molecule has 0 radical (unpaired) electrons. The monoisotopic (exact) mass is 219 g/mol. The normalized spacial score (nSPS) is 33.1. The standard InChI is InChI=1S/C12H17N3O/c13-10-5-14-4-3-11(10)15-6-8-1-2-12(16)9(8)7-15/h3-5,8-9,12,16H,1-2,6-7,13H2. The van der Waals surface area contributed by atoms with Gasteiger partial charge in [-0.3, -0.25) is 4.98 Å². The smallest absolute Gasteiger partial charge is 0.0738 e. The number of hydrogen-bond acceptors (Lipinski definition) is 4. The highest BCUT2D eigenvalue weighted by Crippen LogP contribution is 2.40. The molecule has 2 aliphatic rings. The van der Waals surface area contributed by atoms with Crippen LogP contribution in [0.1, 0.15) is 12.8 Å². The van der Waals surface area contributed by atoms with Crippen LogP contribution in [-0.4, -0.2) is 29.3 Å². The van der Waals surface area contributed by atoms with E-state index in [0.717, 1.165) is 37.3 Å². The quantitative estimate of drug-likeness (QED) is 0.735. The Kier molecular flexibility index (Phi) is 2.24. The predicted octanol–water partition coefficient (Wildman–Crippen LogP) is 0.871. The second-order valence-electron chi connectivity index (χ2n) is 4.91.